The molecule has 0 saturated heterocycles. The van der Waals surface area contributed by atoms with Crippen molar-refractivity contribution >= 4 is 0 Å². The summed E-state index contributed by atoms with van der Waals surface area (Å²) in [5.74, 6) is 2.78. The summed E-state index contributed by atoms with van der Waals surface area (Å²) >= 11 is 0. The van der Waals surface area contributed by atoms with Crippen LogP contribution in [0.4, 0.5) is 0 Å². The van der Waals surface area contributed by atoms with Gasteiger partial charge in [-0.1, -0.05) is 12.1 Å². The molecule has 0 aliphatic heterocycles. The van der Waals surface area contributed by atoms with Gasteiger partial charge in [-0.15, -0.1) is 0 Å². The minimum atomic E-state index is 0.0318. The Morgan fingerprint density at radius 3 is 3.13 bits per heavy atom. The molecule has 0 amide bonds. The van der Waals surface area contributed by atoms with E-state index in [4.69, 9.17) is 4.74 Å². The molecule has 3 aliphatic rings. The first-order valence-electron chi connectivity index (χ1n) is 5.41. The van der Waals surface area contributed by atoms with Gasteiger partial charge in [0.25, 0.3) is 0 Å². The van der Waals surface area contributed by atoms with Crippen molar-refractivity contribution in [3.63, 3.8) is 0 Å². The summed E-state index contributed by atoms with van der Waals surface area (Å²) in [5, 5.41) is 9.18. The average Bonchev–Trinajstić information content (AvgIpc) is 2.66. The summed E-state index contributed by atoms with van der Waals surface area (Å²) < 4.78 is 5.40. The van der Waals surface area contributed by atoms with Gasteiger partial charge in [0.05, 0.1) is 18.6 Å². The molecule has 4 atom stereocenters. The first-order valence-corrected chi connectivity index (χ1v) is 5.41. The molecular weight excluding hydrogens is 186 g/mol. The van der Waals surface area contributed by atoms with Crippen LogP contribution in [0.2, 0.25) is 0 Å². The maximum absolute atomic E-state index is 9.18. The third-order valence-electron chi connectivity index (χ3n) is 4.62. The highest BCUT2D eigenvalue weighted by Crippen LogP contribution is 2.87. The molecule has 0 heterocycles. The highest BCUT2D eigenvalue weighted by atomic mass is 16.5. The number of hydrogen-bond donors (Lipinski definition) is 0. The first kappa shape index (κ1) is 7.76. The molecule has 0 aromatic heterocycles. The number of benzene rings is 1. The van der Waals surface area contributed by atoms with Crippen LogP contribution in [0.1, 0.15) is 29.4 Å². The number of nitrogens with zero attached hydrogens (tertiary/aromatic N) is 1. The molecule has 2 saturated carbocycles. The molecule has 3 aliphatic carbocycles. The molecular formula is C13H11NO. The lowest BCUT2D eigenvalue weighted by Gasteiger charge is -2.33. The first-order chi connectivity index (χ1) is 7.33. The van der Waals surface area contributed by atoms with Crippen LogP contribution in [-0.4, -0.2) is 7.11 Å². The van der Waals surface area contributed by atoms with Gasteiger partial charge in [0.2, 0.25) is 0 Å². The summed E-state index contributed by atoms with van der Waals surface area (Å²) in [5.41, 5.74) is 2.81. The second-order valence-corrected chi connectivity index (χ2v) is 4.93. The zero-order chi connectivity index (χ0) is 10.2. The van der Waals surface area contributed by atoms with E-state index in [1.54, 1.807) is 7.11 Å². The van der Waals surface area contributed by atoms with E-state index >= 15 is 0 Å². The zero-order valence-electron chi connectivity index (χ0n) is 8.53. The van der Waals surface area contributed by atoms with Crippen molar-refractivity contribution in [2.45, 2.75) is 18.3 Å². The van der Waals surface area contributed by atoms with Gasteiger partial charge in [0.1, 0.15) is 5.75 Å². The molecule has 15 heavy (non-hydrogen) atoms. The fourth-order valence-electron chi connectivity index (χ4n) is 4.00. The van der Waals surface area contributed by atoms with E-state index in [0.717, 1.165) is 12.2 Å². The van der Waals surface area contributed by atoms with Gasteiger partial charge in [0.15, 0.2) is 0 Å². The third kappa shape index (κ3) is 0.587. The maximum atomic E-state index is 9.18. The van der Waals surface area contributed by atoms with Crippen LogP contribution < -0.4 is 4.74 Å². The van der Waals surface area contributed by atoms with Crippen molar-refractivity contribution in [2.24, 2.45) is 11.3 Å². The predicted molar refractivity (Wildman–Crippen MR) is 54.6 cm³/mol. The van der Waals surface area contributed by atoms with E-state index in [1.165, 1.54) is 11.1 Å². The van der Waals surface area contributed by atoms with E-state index in [0.29, 0.717) is 17.8 Å². The van der Waals surface area contributed by atoms with Crippen LogP contribution in [0, 0.1) is 22.7 Å². The van der Waals surface area contributed by atoms with Crippen LogP contribution in [0.25, 0.3) is 0 Å². The topological polar surface area (TPSA) is 33.0 Å². The number of rotatable bonds is 1. The Morgan fingerprint density at radius 1 is 1.53 bits per heavy atom. The van der Waals surface area contributed by atoms with E-state index in [-0.39, 0.29) is 5.41 Å². The summed E-state index contributed by atoms with van der Waals surface area (Å²) in [6, 6.07) is 8.78. The van der Waals surface area contributed by atoms with E-state index in [2.05, 4.69) is 12.1 Å². The Hall–Kier alpha value is -1.49. The fraction of sp³-hybridized carbons (Fsp3) is 0.462. The standard InChI is InChI=1S/C13H11NO/c1-15-9-4-2-3-7-10(9)8-5-13(6-14)11(7)12(8)13/h2-4,8,11-12H,5H2,1H3/t8-,11-,12-,13-/m0/s1. The average molecular weight is 197 g/mol. The number of nitriles is 1. The lowest BCUT2D eigenvalue weighted by atomic mass is 9.69. The van der Waals surface area contributed by atoms with Crippen LogP contribution >= 0.6 is 0 Å². The van der Waals surface area contributed by atoms with Gasteiger partial charge in [-0.3, -0.25) is 0 Å². The smallest absolute Gasteiger partial charge is 0.122 e. The van der Waals surface area contributed by atoms with Gasteiger partial charge in [0, 0.05) is 11.5 Å². The number of hydrogen-bond acceptors (Lipinski definition) is 2. The Balaban J connectivity index is 1.92. The number of fused-ring (bicyclic) bond motifs is 4. The molecule has 0 radical (unpaired) electrons. The summed E-state index contributed by atoms with van der Waals surface area (Å²) in [6.07, 6.45) is 1.06. The van der Waals surface area contributed by atoms with Crippen LogP contribution in [0.15, 0.2) is 18.2 Å². The molecule has 1 aromatic carbocycles. The van der Waals surface area contributed by atoms with E-state index in [9.17, 15) is 5.26 Å². The number of ether oxygens (including phenoxy) is 1. The van der Waals surface area contributed by atoms with Crippen molar-refractivity contribution in [2.75, 3.05) is 7.11 Å². The summed E-state index contributed by atoms with van der Waals surface area (Å²) in [4.78, 5) is 0. The second-order valence-electron chi connectivity index (χ2n) is 4.93. The van der Waals surface area contributed by atoms with Crippen LogP contribution in [0.3, 0.4) is 0 Å². The lowest BCUT2D eigenvalue weighted by Crippen LogP contribution is -2.25. The predicted octanol–water partition coefficient (Wildman–Crippen LogP) is 2.42. The van der Waals surface area contributed by atoms with Crippen molar-refractivity contribution in [3.8, 4) is 11.8 Å². The minimum absolute atomic E-state index is 0.0318. The quantitative estimate of drug-likeness (QED) is 0.692. The number of methoxy groups -OCH3 is 1. The highest BCUT2D eigenvalue weighted by Gasteiger charge is 2.81. The molecule has 74 valence electrons. The van der Waals surface area contributed by atoms with Crippen molar-refractivity contribution in [1.82, 2.24) is 0 Å². The lowest BCUT2D eigenvalue weighted by molar-refractivity contribution is 0.298. The molecule has 2 heteroatoms. The fourth-order valence-corrected chi connectivity index (χ4v) is 4.00. The summed E-state index contributed by atoms with van der Waals surface area (Å²) in [6.45, 7) is 0. The highest BCUT2D eigenvalue weighted by molar-refractivity contribution is 5.63. The molecule has 0 unspecified atom stereocenters. The second kappa shape index (κ2) is 2.04. The summed E-state index contributed by atoms with van der Waals surface area (Å²) in [7, 11) is 1.73. The van der Waals surface area contributed by atoms with Gasteiger partial charge in [-0.2, -0.15) is 5.26 Å². The van der Waals surface area contributed by atoms with Crippen molar-refractivity contribution < 1.29 is 4.74 Å². The van der Waals surface area contributed by atoms with E-state index < -0.39 is 0 Å². The SMILES string of the molecule is COc1cccc2c1[C@@H]1C[C@@]3(C#N)[C@@H]1[C@H]23. The van der Waals surface area contributed by atoms with Gasteiger partial charge in [-0.25, -0.2) is 0 Å². The molecule has 2 fully saturated rings. The molecule has 1 aromatic rings. The van der Waals surface area contributed by atoms with Crippen molar-refractivity contribution in [1.29, 1.82) is 5.26 Å². The van der Waals surface area contributed by atoms with Gasteiger partial charge >= 0.3 is 0 Å². The Morgan fingerprint density at radius 2 is 2.40 bits per heavy atom. The zero-order valence-corrected chi connectivity index (χ0v) is 8.53. The Labute approximate surface area is 88.5 Å². The largest absolute Gasteiger partial charge is 0.496 e. The third-order valence-corrected chi connectivity index (χ3v) is 4.62. The van der Waals surface area contributed by atoms with Gasteiger partial charge in [-0.05, 0) is 29.9 Å². The molecule has 2 nitrogen and oxygen atoms in total. The van der Waals surface area contributed by atoms with E-state index in [1.807, 2.05) is 12.1 Å². The molecule has 4 rings (SSSR count). The normalized spacial score (nSPS) is 42.3. The Kier molecular flexibility index (Phi) is 1.05. The van der Waals surface area contributed by atoms with Crippen LogP contribution in [0.5, 0.6) is 5.75 Å². The minimum Gasteiger partial charge on any atom is -0.496 e. The molecule has 0 bridgehead atoms. The monoisotopic (exact) mass is 197 g/mol. The van der Waals surface area contributed by atoms with Gasteiger partial charge < -0.3 is 4.74 Å². The molecule has 0 N–H and O–H groups in total. The molecule has 0 spiro atoms. The van der Waals surface area contributed by atoms with Crippen molar-refractivity contribution in [3.05, 3.63) is 29.3 Å². The maximum Gasteiger partial charge on any atom is 0.122 e. The Bertz CT molecular complexity index is 516. The van der Waals surface area contributed by atoms with Crippen LogP contribution in [-0.2, 0) is 0 Å².